The van der Waals surface area contributed by atoms with Gasteiger partial charge in [0.25, 0.3) is 0 Å². The second-order valence-electron chi connectivity index (χ2n) is 10.0. The smallest absolute Gasteiger partial charge is 0.242 e. The summed E-state index contributed by atoms with van der Waals surface area (Å²) in [7, 11) is 1.58. The summed E-state index contributed by atoms with van der Waals surface area (Å²) in [6, 6.07) is 14.4. The molecule has 1 atom stereocenters. The molecule has 0 fully saturated rings. The zero-order chi connectivity index (χ0) is 28.5. The van der Waals surface area contributed by atoms with E-state index in [2.05, 4.69) is 15.6 Å². The number of carbonyl (C=O) groups is 3. The highest BCUT2D eigenvalue weighted by Crippen LogP contribution is 2.32. The van der Waals surface area contributed by atoms with Crippen LogP contribution in [0.15, 0.2) is 60.9 Å². The summed E-state index contributed by atoms with van der Waals surface area (Å²) in [5.41, 5.74) is 1.77. The summed E-state index contributed by atoms with van der Waals surface area (Å²) in [5, 5.41) is 5.82. The number of methoxy groups -OCH3 is 1. The fourth-order valence-electron chi connectivity index (χ4n) is 4.64. The Kier molecular flexibility index (Phi) is 9.77. The molecule has 2 aromatic carbocycles. The van der Waals surface area contributed by atoms with Gasteiger partial charge in [-0.05, 0) is 30.2 Å². The minimum atomic E-state index is -0.792. The van der Waals surface area contributed by atoms with E-state index in [-0.39, 0.29) is 24.3 Å². The van der Waals surface area contributed by atoms with Gasteiger partial charge in [-0.2, -0.15) is 0 Å². The lowest BCUT2D eigenvalue weighted by Gasteiger charge is -2.26. The topological polar surface area (TPSA) is 115 Å². The largest absolute Gasteiger partial charge is 0.493 e. The summed E-state index contributed by atoms with van der Waals surface area (Å²) < 4.78 is 13.5. The van der Waals surface area contributed by atoms with E-state index in [0.29, 0.717) is 50.6 Å². The maximum Gasteiger partial charge on any atom is 0.242 e. The second kappa shape index (κ2) is 13.6. The molecule has 10 nitrogen and oxygen atoms in total. The van der Waals surface area contributed by atoms with E-state index in [1.807, 2.05) is 59.3 Å². The van der Waals surface area contributed by atoms with Crippen LogP contribution in [0.25, 0.3) is 11.4 Å². The number of aromatic nitrogens is 2. The monoisotopic (exact) mass is 547 g/mol. The van der Waals surface area contributed by atoms with E-state index >= 15 is 0 Å². The number of hydrogen-bond acceptors (Lipinski definition) is 6. The highest BCUT2D eigenvalue weighted by molar-refractivity contribution is 5.90. The molecule has 2 bridgehead atoms. The fraction of sp³-hybridized carbons (Fsp3) is 0.400. The molecule has 0 aliphatic carbocycles. The molecule has 1 aliphatic rings. The van der Waals surface area contributed by atoms with Gasteiger partial charge in [0, 0.05) is 49.9 Å². The highest BCUT2D eigenvalue weighted by atomic mass is 16.5. The number of nitrogens with zero attached hydrogens (tertiary/aromatic N) is 3. The summed E-state index contributed by atoms with van der Waals surface area (Å²) >= 11 is 0. The first kappa shape index (κ1) is 28.7. The van der Waals surface area contributed by atoms with Crippen molar-refractivity contribution in [3.05, 3.63) is 66.5 Å². The lowest BCUT2D eigenvalue weighted by molar-refractivity contribution is -0.139. The quantitative estimate of drug-likeness (QED) is 0.519. The van der Waals surface area contributed by atoms with Crippen molar-refractivity contribution < 1.29 is 23.9 Å². The molecule has 3 aromatic rings. The van der Waals surface area contributed by atoms with Crippen LogP contribution in [0.4, 0.5) is 0 Å². The Labute approximate surface area is 234 Å². The minimum absolute atomic E-state index is 0.139. The van der Waals surface area contributed by atoms with Crippen molar-refractivity contribution in [2.24, 2.45) is 5.92 Å². The SMILES string of the molecule is COc1ccc2cc1OCCCN(C(=O)C(C)C)CC(=O)N[C@@H](Cc1ccccc1)C(=O)NCCn1ccnc1-2. The van der Waals surface area contributed by atoms with E-state index in [4.69, 9.17) is 9.47 Å². The maximum absolute atomic E-state index is 13.3. The first-order chi connectivity index (χ1) is 19.4. The van der Waals surface area contributed by atoms with Crippen molar-refractivity contribution in [1.29, 1.82) is 0 Å². The van der Waals surface area contributed by atoms with Crippen LogP contribution in [0.2, 0.25) is 0 Å². The first-order valence-corrected chi connectivity index (χ1v) is 13.6. The number of amides is 3. The number of ether oxygens (including phenoxy) is 2. The number of fused-ring (bicyclic) bond motifs is 4. The van der Waals surface area contributed by atoms with Crippen LogP contribution in [-0.2, 0) is 27.3 Å². The van der Waals surface area contributed by atoms with Gasteiger partial charge < -0.3 is 29.6 Å². The molecule has 212 valence electrons. The number of carbonyl (C=O) groups excluding carboxylic acids is 3. The molecule has 40 heavy (non-hydrogen) atoms. The van der Waals surface area contributed by atoms with Gasteiger partial charge in [-0.25, -0.2) is 4.98 Å². The van der Waals surface area contributed by atoms with E-state index in [1.165, 1.54) is 4.90 Å². The number of benzene rings is 2. The Bertz CT molecular complexity index is 1310. The summed E-state index contributed by atoms with van der Waals surface area (Å²) in [6.07, 6.45) is 4.40. The van der Waals surface area contributed by atoms with Crippen LogP contribution in [0.1, 0.15) is 25.8 Å². The van der Waals surface area contributed by atoms with Crippen LogP contribution >= 0.6 is 0 Å². The van der Waals surface area contributed by atoms with Crippen LogP contribution in [0, 0.1) is 5.92 Å². The van der Waals surface area contributed by atoms with E-state index in [0.717, 1.165) is 17.0 Å². The Morgan fingerprint density at radius 1 is 1.15 bits per heavy atom. The van der Waals surface area contributed by atoms with Gasteiger partial charge in [-0.1, -0.05) is 44.2 Å². The number of nitrogens with one attached hydrogen (secondary N) is 2. The lowest BCUT2D eigenvalue weighted by atomic mass is 10.1. The number of rotatable bonds is 4. The summed E-state index contributed by atoms with van der Waals surface area (Å²) in [6.45, 7) is 4.91. The Balaban J connectivity index is 1.62. The van der Waals surface area contributed by atoms with E-state index < -0.39 is 11.9 Å². The highest BCUT2D eigenvalue weighted by Gasteiger charge is 2.25. The van der Waals surface area contributed by atoms with Gasteiger partial charge >= 0.3 is 0 Å². The van der Waals surface area contributed by atoms with Gasteiger partial charge in [-0.3, -0.25) is 14.4 Å². The third-order valence-electron chi connectivity index (χ3n) is 6.69. The van der Waals surface area contributed by atoms with Gasteiger partial charge in [-0.15, -0.1) is 0 Å². The van der Waals surface area contributed by atoms with Crippen LogP contribution in [-0.4, -0.2) is 71.6 Å². The first-order valence-electron chi connectivity index (χ1n) is 13.6. The van der Waals surface area contributed by atoms with Crippen molar-refractivity contribution in [2.45, 2.75) is 39.3 Å². The molecule has 0 saturated carbocycles. The summed E-state index contributed by atoms with van der Waals surface area (Å²) in [5.74, 6) is 0.774. The molecule has 0 saturated heterocycles. The zero-order valence-electron chi connectivity index (χ0n) is 23.3. The Morgan fingerprint density at radius 2 is 1.95 bits per heavy atom. The van der Waals surface area contributed by atoms with Crippen molar-refractivity contribution >= 4 is 17.7 Å². The molecule has 2 N–H and O–H groups in total. The molecule has 0 radical (unpaired) electrons. The molecular formula is C30H37N5O5. The minimum Gasteiger partial charge on any atom is -0.493 e. The molecule has 10 heteroatoms. The van der Waals surface area contributed by atoms with Crippen LogP contribution in [0.3, 0.4) is 0 Å². The molecule has 0 unspecified atom stereocenters. The third kappa shape index (κ3) is 7.40. The second-order valence-corrected chi connectivity index (χ2v) is 10.0. The molecule has 1 aromatic heterocycles. The summed E-state index contributed by atoms with van der Waals surface area (Å²) in [4.78, 5) is 45.4. The van der Waals surface area contributed by atoms with Crippen molar-refractivity contribution in [2.75, 3.05) is 33.4 Å². The van der Waals surface area contributed by atoms with Crippen LogP contribution in [0.5, 0.6) is 11.5 Å². The molecular weight excluding hydrogens is 510 g/mol. The average Bonchev–Trinajstić information content (AvgIpc) is 3.42. The third-order valence-corrected chi connectivity index (χ3v) is 6.69. The van der Waals surface area contributed by atoms with E-state index in [1.54, 1.807) is 27.2 Å². The predicted octanol–water partition coefficient (Wildman–Crippen LogP) is 2.67. The Hall–Kier alpha value is -4.34. The maximum atomic E-state index is 13.3. The molecule has 0 spiro atoms. The Morgan fingerprint density at radius 3 is 2.70 bits per heavy atom. The number of imidazole rings is 1. The van der Waals surface area contributed by atoms with Crippen LogP contribution < -0.4 is 20.1 Å². The van der Waals surface area contributed by atoms with E-state index in [9.17, 15) is 14.4 Å². The van der Waals surface area contributed by atoms with Crippen molar-refractivity contribution in [1.82, 2.24) is 25.1 Å². The fourth-order valence-corrected chi connectivity index (χ4v) is 4.64. The van der Waals surface area contributed by atoms with Gasteiger partial charge in [0.05, 0.1) is 20.3 Å². The van der Waals surface area contributed by atoms with Gasteiger partial charge in [0.2, 0.25) is 17.7 Å². The zero-order valence-corrected chi connectivity index (χ0v) is 23.3. The normalized spacial score (nSPS) is 17.1. The molecule has 1 aliphatic heterocycles. The molecule has 2 heterocycles. The molecule has 4 rings (SSSR count). The predicted molar refractivity (Wildman–Crippen MR) is 151 cm³/mol. The van der Waals surface area contributed by atoms with Gasteiger partial charge in [0.1, 0.15) is 11.9 Å². The van der Waals surface area contributed by atoms with Gasteiger partial charge in [0.15, 0.2) is 11.5 Å². The van der Waals surface area contributed by atoms with Crippen molar-refractivity contribution in [3.8, 4) is 22.9 Å². The lowest BCUT2D eigenvalue weighted by Crippen LogP contribution is -2.52. The standard InChI is InChI=1S/C30H37N5O5/c1-21(2)30(38)35-14-7-17-40-26-19-23(10-11-25(26)39-3)28-31-12-15-34(28)16-13-32-29(37)24(33-27(36)20-35)18-22-8-5-4-6-9-22/h4-6,8-12,15,19,21,24H,7,13-14,16-18,20H2,1-3H3,(H,32,37)(H,33,36)/t24-/m0/s1. The molecule has 3 amide bonds. The average molecular weight is 548 g/mol. The van der Waals surface area contributed by atoms with Crippen molar-refractivity contribution in [3.63, 3.8) is 0 Å². The number of hydrogen-bond donors (Lipinski definition) is 2.